The molecule has 0 aliphatic carbocycles. The number of phenolic OH excluding ortho intramolecular Hbond substituents is 1. The highest BCUT2D eigenvalue weighted by atomic mass is 16.5. The van der Waals surface area contributed by atoms with Gasteiger partial charge in [0.15, 0.2) is 0 Å². The smallest absolute Gasteiger partial charge is 0.231 e. The van der Waals surface area contributed by atoms with Crippen molar-refractivity contribution in [2.75, 3.05) is 32.7 Å². The minimum atomic E-state index is -0.258. The second-order valence-electron chi connectivity index (χ2n) is 4.41. The van der Waals surface area contributed by atoms with Crippen LogP contribution in [0.1, 0.15) is 0 Å². The number of nitrogens with one attached hydrogen (secondary N) is 2. The number of phenols is 1. The van der Waals surface area contributed by atoms with Gasteiger partial charge < -0.3 is 25.2 Å². The summed E-state index contributed by atoms with van der Waals surface area (Å²) in [5, 5.41) is 15.5. The SMILES string of the molecule is CNC1COCC1C(=O)Nc1ccc(OC)cc1O. The first-order valence-corrected chi connectivity index (χ1v) is 6.08. The van der Waals surface area contributed by atoms with Crippen molar-refractivity contribution in [3.63, 3.8) is 0 Å². The summed E-state index contributed by atoms with van der Waals surface area (Å²) in [6.07, 6.45) is 0. The summed E-state index contributed by atoms with van der Waals surface area (Å²) in [6, 6.07) is 4.74. The number of methoxy groups -OCH3 is 1. The van der Waals surface area contributed by atoms with E-state index in [4.69, 9.17) is 9.47 Å². The van der Waals surface area contributed by atoms with Gasteiger partial charge in [0.25, 0.3) is 0 Å². The Morgan fingerprint density at radius 3 is 2.89 bits per heavy atom. The van der Waals surface area contributed by atoms with E-state index in [1.165, 1.54) is 13.2 Å². The second-order valence-corrected chi connectivity index (χ2v) is 4.41. The molecule has 2 unspecified atom stereocenters. The van der Waals surface area contributed by atoms with Crippen LogP contribution in [0.3, 0.4) is 0 Å². The van der Waals surface area contributed by atoms with E-state index in [2.05, 4.69) is 10.6 Å². The Hall–Kier alpha value is -1.79. The fourth-order valence-electron chi connectivity index (χ4n) is 2.07. The summed E-state index contributed by atoms with van der Waals surface area (Å²) >= 11 is 0. The Morgan fingerprint density at radius 2 is 2.26 bits per heavy atom. The molecule has 1 aromatic rings. The van der Waals surface area contributed by atoms with Crippen LogP contribution in [0.5, 0.6) is 11.5 Å². The van der Waals surface area contributed by atoms with E-state index in [1.807, 2.05) is 0 Å². The van der Waals surface area contributed by atoms with Crippen molar-refractivity contribution in [1.82, 2.24) is 5.32 Å². The normalized spacial score (nSPS) is 22.2. The van der Waals surface area contributed by atoms with Crippen molar-refractivity contribution in [3.8, 4) is 11.5 Å². The monoisotopic (exact) mass is 266 g/mol. The zero-order valence-corrected chi connectivity index (χ0v) is 11.0. The largest absolute Gasteiger partial charge is 0.506 e. The number of aromatic hydroxyl groups is 1. The number of benzene rings is 1. The molecule has 6 heteroatoms. The van der Waals surface area contributed by atoms with Crippen LogP contribution in [0.25, 0.3) is 0 Å². The zero-order chi connectivity index (χ0) is 13.8. The third-order valence-electron chi connectivity index (χ3n) is 3.25. The third-order valence-corrected chi connectivity index (χ3v) is 3.25. The van der Waals surface area contributed by atoms with Crippen LogP contribution in [-0.2, 0) is 9.53 Å². The maximum atomic E-state index is 12.1. The van der Waals surface area contributed by atoms with E-state index < -0.39 is 0 Å². The predicted molar refractivity (Wildman–Crippen MR) is 70.4 cm³/mol. The molecular weight excluding hydrogens is 248 g/mol. The van der Waals surface area contributed by atoms with Crippen molar-refractivity contribution in [1.29, 1.82) is 0 Å². The van der Waals surface area contributed by atoms with Crippen molar-refractivity contribution in [3.05, 3.63) is 18.2 Å². The molecule has 1 aromatic carbocycles. The maximum absolute atomic E-state index is 12.1. The van der Waals surface area contributed by atoms with Gasteiger partial charge in [-0.3, -0.25) is 4.79 Å². The Kier molecular flexibility index (Phi) is 4.24. The number of hydrogen-bond acceptors (Lipinski definition) is 5. The summed E-state index contributed by atoms with van der Waals surface area (Å²) in [5.74, 6) is 0.0873. The predicted octanol–water partition coefficient (Wildman–Crippen LogP) is 0.574. The Balaban J connectivity index is 2.06. The molecule has 2 atom stereocenters. The molecule has 3 N–H and O–H groups in total. The van der Waals surface area contributed by atoms with Gasteiger partial charge >= 0.3 is 0 Å². The van der Waals surface area contributed by atoms with Gasteiger partial charge in [-0.2, -0.15) is 0 Å². The van der Waals surface area contributed by atoms with Crippen LogP contribution in [-0.4, -0.2) is 44.4 Å². The molecule has 1 saturated heterocycles. The molecule has 2 rings (SSSR count). The molecule has 1 heterocycles. The van der Waals surface area contributed by atoms with Gasteiger partial charge in [0.2, 0.25) is 5.91 Å². The van der Waals surface area contributed by atoms with Gasteiger partial charge in [0, 0.05) is 12.1 Å². The average molecular weight is 266 g/mol. The van der Waals surface area contributed by atoms with E-state index in [0.717, 1.165) is 0 Å². The molecule has 1 aliphatic rings. The Labute approximate surface area is 111 Å². The lowest BCUT2D eigenvalue weighted by Crippen LogP contribution is -2.39. The lowest BCUT2D eigenvalue weighted by molar-refractivity contribution is -0.120. The minimum Gasteiger partial charge on any atom is -0.506 e. The minimum absolute atomic E-state index is 0.000362. The van der Waals surface area contributed by atoms with Crippen molar-refractivity contribution < 1.29 is 19.4 Å². The molecule has 0 spiro atoms. The topological polar surface area (TPSA) is 79.8 Å². The zero-order valence-electron chi connectivity index (χ0n) is 11.0. The first-order chi connectivity index (χ1) is 9.15. The molecule has 6 nitrogen and oxygen atoms in total. The molecule has 104 valence electrons. The van der Waals surface area contributed by atoms with Crippen LogP contribution in [0.4, 0.5) is 5.69 Å². The number of amides is 1. The highest BCUT2D eigenvalue weighted by molar-refractivity contribution is 5.94. The number of rotatable bonds is 4. The first kappa shape index (κ1) is 13.6. The highest BCUT2D eigenvalue weighted by Crippen LogP contribution is 2.28. The van der Waals surface area contributed by atoms with Gasteiger partial charge in [-0.15, -0.1) is 0 Å². The van der Waals surface area contributed by atoms with E-state index >= 15 is 0 Å². The Morgan fingerprint density at radius 1 is 1.47 bits per heavy atom. The van der Waals surface area contributed by atoms with Crippen molar-refractivity contribution >= 4 is 11.6 Å². The molecule has 1 aliphatic heterocycles. The average Bonchev–Trinajstić information content (AvgIpc) is 2.89. The number of hydrogen-bond donors (Lipinski definition) is 3. The molecule has 1 amide bonds. The lowest BCUT2D eigenvalue weighted by Gasteiger charge is -2.17. The maximum Gasteiger partial charge on any atom is 0.231 e. The molecule has 0 saturated carbocycles. The van der Waals surface area contributed by atoms with Gasteiger partial charge in [-0.05, 0) is 19.2 Å². The van der Waals surface area contributed by atoms with Crippen LogP contribution < -0.4 is 15.4 Å². The van der Waals surface area contributed by atoms with Crippen molar-refractivity contribution in [2.24, 2.45) is 5.92 Å². The van der Waals surface area contributed by atoms with Crippen LogP contribution in [0.15, 0.2) is 18.2 Å². The number of carbonyl (C=O) groups is 1. The summed E-state index contributed by atoms with van der Waals surface area (Å²) < 4.78 is 10.3. The fourth-order valence-corrected chi connectivity index (χ4v) is 2.07. The van der Waals surface area contributed by atoms with Crippen LogP contribution in [0, 0.1) is 5.92 Å². The third kappa shape index (κ3) is 2.97. The number of carbonyl (C=O) groups excluding carboxylic acids is 1. The molecular formula is C13H18N2O4. The molecule has 1 fully saturated rings. The lowest BCUT2D eigenvalue weighted by atomic mass is 10.0. The van der Waals surface area contributed by atoms with Crippen LogP contribution in [0.2, 0.25) is 0 Å². The second kappa shape index (κ2) is 5.90. The fraction of sp³-hybridized carbons (Fsp3) is 0.462. The van der Waals surface area contributed by atoms with Crippen molar-refractivity contribution in [2.45, 2.75) is 6.04 Å². The first-order valence-electron chi connectivity index (χ1n) is 6.08. The number of ether oxygens (including phenoxy) is 2. The molecule has 19 heavy (non-hydrogen) atoms. The number of anilines is 1. The van der Waals surface area contributed by atoms with Gasteiger partial charge in [0.05, 0.1) is 31.9 Å². The summed E-state index contributed by atoms with van der Waals surface area (Å²) in [6.45, 7) is 0.900. The Bertz CT molecular complexity index is 464. The quantitative estimate of drug-likeness (QED) is 0.694. The van der Waals surface area contributed by atoms with Crippen LogP contribution >= 0.6 is 0 Å². The van der Waals surface area contributed by atoms with E-state index in [0.29, 0.717) is 24.7 Å². The summed E-state index contributed by atoms with van der Waals surface area (Å²) in [4.78, 5) is 12.1. The summed E-state index contributed by atoms with van der Waals surface area (Å²) in [5.41, 5.74) is 0.368. The number of likely N-dealkylation sites (N-methyl/N-ethyl adjacent to an activating group) is 1. The van der Waals surface area contributed by atoms with Gasteiger partial charge in [0.1, 0.15) is 11.5 Å². The molecule has 0 aromatic heterocycles. The standard InChI is InChI=1S/C13H18N2O4/c1-14-11-7-19-6-9(11)13(17)15-10-4-3-8(18-2)5-12(10)16/h3-5,9,11,14,16H,6-7H2,1-2H3,(H,15,17). The van der Waals surface area contributed by atoms with E-state index in [-0.39, 0.29) is 23.6 Å². The molecule has 0 bridgehead atoms. The molecule has 0 radical (unpaired) electrons. The van der Waals surface area contributed by atoms with E-state index in [1.54, 1.807) is 19.2 Å². The van der Waals surface area contributed by atoms with E-state index in [9.17, 15) is 9.90 Å². The highest BCUT2D eigenvalue weighted by Gasteiger charge is 2.33. The van der Waals surface area contributed by atoms with Gasteiger partial charge in [-0.25, -0.2) is 0 Å². The summed E-state index contributed by atoms with van der Waals surface area (Å²) in [7, 11) is 3.31. The van der Waals surface area contributed by atoms with Gasteiger partial charge in [-0.1, -0.05) is 0 Å².